The predicted molar refractivity (Wildman–Crippen MR) is 116 cm³/mol. The van der Waals surface area contributed by atoms with Crippen molar-refractivity contribution in [3.8, 4) is 0 Å². The van der Waals surface area contributed by atoms with Crippen LogP contribution in [0.15, 0.2) is 0 Å². The molecule has 0 aromatic rings. The Morgan fingerprint density at radius 1 is 0.778 bits per heavy atom. The third kappa shape index (κ3) is 3.63. The first-order chi connectivity index (χ1) is 13.1. The highest BCUT2D eigenvalue weighted by Crippen LogP contribution is 2.66. The van der Waals surface area contributed by atoms with Crippen LogP contribution in [0.2, 0.25) is 0 Å². The molecule has 4 saturated carbocycles. The lowest BCUT2D eigenvalue weighted by Crippen LogP contribution is -2.55. The molecule has 0 aromatic heterocycles. The molecule has 0 spiro atoms. The summed E-state index contributed by atoms with van der Waals surface area (Å²) in [4.78, 5) is 0. The Morgan fingerprint density at radius 2 is 1.59 bits per heavy atom. The standard InChI is InChI=1S/C25H46N2/c1-24-15-6-5-9-19(24)10-11-20-21-12-13-23(25(21,2)16-14-22(20)24)27-18-8-4-3-7-17-26/h19-23,27H,3-18,26H2,1-2H3/t19-,20?,21?,22?,23+,24+,25+/m1/s1. The zero-order valence-electron chi connectivity index (χ0n) is 18.3. The van der Waals surface area contributed by atoms with Crippen LogP contribution in [0.5, 0.6) is 0 Å². The highest BCUT2D eigenvalue weighted by molar-refractivity contribution is 5.10. The fourth-order valence-electron chi connectivity index (χ4n) is 8.53. The second-order valence-corrected chi connectivity index (χ2v) is 11.2. The first kappa shape index (κ1) is 20.2. The van der Waals surface area contributed by atoms with E-state index in [9.17, 15) is 0 Å². The maximum atomic E-state index is 5.62. The van der Waals surface area contributed by atoms with E-state index in [2.05, 4.69) is 19.2 Å². The summed E-state index contributed by atoms with van der Waals surface area (Å²) in [5.74, 6) is 4.15. The van der Waals surface area contributed by atoms with E-state index in [1.165, 1.54) is 83.6 Å². The molecule has 27 heavy (non-hydrogen) atoms. The van der Waals surface area contributed by atoms with Gasteiger partial charge in [-0.2, -0.15) is 0 Å². The summed E-state index contributed by atoms with van der Waals surface area (Å²) in [5.41, 5.74) is 6.89. The van der Waals surface area contributed by atoms with E-state index in [0.29, 0.717) is 10.8 Å². The van der Waals surface area contributed by atoms with E-state index in [1.54, 1.807) is 12.8 Å². The SMILES string of the molecule is C[C@]12CCC3C(CC[C@H]4CCCC[C@]34C)C1CC[C@@H]2NCCCCCCN. The van der Waals surface area contributed by atoms with Crippen molar-refractivity contribution >= 4 is 0 Å². The largest absolute Gasteiger partial charge is 0.330 e. The number of rotatable bonds is 7. The summed E-state index contributed by atoms with van der Waals surface area (Å²) >= 11 is 0. The van der Waals surface area contributed by atoms with Crippen molar-refractivity contribution in [1.82, 2.24) is 5.32 Å². The molecule has 0 bridgehead atoms. The maximum absolute atomic E-state index is 5.62. The van der Waals surface area contributed by atoms with Gasteiger partial charge in [0.1, 0.15) is 0 Å². The zero-order chi connectivity index (χ0) is 18.9. The van der Waals surface area contributed by atoms with E-state index in [0.717, 1.165) is 36.3 Å². The molecule has 0 heterocycles. The van der Waals surface area contributed by atoms with Gasteiger partial charge < -0.3 is 11.1 Å². The average molecular weight is 375 g/mol. The van der Waals surface area contributed by atoms with Gasteiger partial charge in [-0.25, -0.2) is 0 Å². The average Bonchev–Trinajstić information content (AvgIpc) is 3.00. The molecule has 0 aromatic carbocycles. The quantitative estimate of drug-likeness (QED) is 0.545. The first-order valence-electron chi connectivity index (χ1n) is 12.5. The molecule has 0 saturated heterocycles. The fraction of sp³-hybridized carbons (Fsp3) is 1.00. The van der Waals surface area contributed by atoms with Crippen molar-refractivity contribution in [1.29, 1.82) is 0 Å². The molecule has 4 aliphatic rings. The van der Waals surface area contributed by atoms with Crippen LogP contribution in [0, 0.1) is 34.5 Å². The van der Waals surface area contributed by atoms with Crippen LogP contribution in [0.1, 0.15) is 104 Å². The van der Waals surface area contributed by atoms with Crippen LogP contribution in [0.4, 0.5) is 0 Å². The monoisotopic (exact) mass is 374 g/mol. The van der Waals surface area contributed by atoms with Gasteiger partial charge in [-0.3, -0.25) is 0 Å². The summed E-state index contributed by atoms with van der Waals surface area (Å²) in [6, 6.07) is 0.787. The summed E-state index contributed by atoms with van der Waals surface area (Å²) in [6.07, 6.45) is 20.3. The number of nitrogens with one attached hydrogen (secondary N) is 1. The molecular weight excluding hydrogens is 328 g/mol. The molecule has 4 rings (SSSR count). The predicted octanol–water partition coefficient (Wildman–Crippen LogP) is 5.90. The van der Waals surface area contributed by atoms with Gasteiger partial charge in [-0.1, -0.05) is 39.5 Å². The van der Waals surface area contributed by atoms with E-state index >= 15 is 0 Å². The lowest BCUT2D eigenvalue weighted by molar-refractivity contribution is -0.107. The Kier molecular flexibility index (Phi) is 6.24. The molecule has 0 aliphatic heterocycles. The first-order valence-corrected chi connectivity index (χ1v) is 12.5. The van der Waals surface area contributed by atoms with E-state index in [-0.39, 0.29) is 0 Å². The Balaban J connectivity index is 1.36. The van der Waals surface area contributed by atoms with Crippen molar-refractivity contribution in [2.24, 2.45) is 40.2 Å². The maximum Gasteiger partial charge on any atom is 0.0124 e. The van der Waals surface area contributed by atoms with E-state index < -0.39 is 0 Å². The van der Waals surface area contributed by atoms with Crippen molar-refractivity contribution in [2.75, 3.05) is 13.1 Å². The highest BCUT2D eigenvalue weighted by atomic mass is 14.9. The third-order valence-electron chi connectivity index (χ3n) is 10.1. The Hall–Kier alpha value is -0.0800. The van der Waals surface area contributed by atoms with Crippen LogP contribution in [-0.2, 0) is 0 Å². The molecule has 0 radical (unpaired) electrons. The number of fused-ring (bicyclic) bond motifs is 5. The molecule has 7 atom stereocenters. The van der Waals surface area contributed by atoms with Gasteiger partial charge in [0.05, 0.1) is 0 Å². The Morgan fingerprint density at radius 3 is 2.44 bits per heavy atom. The molecule has 2 heteroatoms. The van der Waals surface area contributed by atoms with Crippen molar-refractivity contribution in [3.05, 3.63) is 0 Å². The number of hydrogen-bond acceptors (Lipinski definition) is 2. The van der Waals surface area contributed by atoms with Crippen LogP contribution < -0.4 is 11.1 Å². The van der Waals surface area contributed by atoms with Gasteiger partial charge in [0.2, 0.25) is 0 Å². The normalized spacial score (nSPS) is 46.6. The summed E-state index contributed by atoms with van der Waals surface area (Å²) < 4.78 is 0. The number of unbranched alkanes of at least 4 members (excludes halogenated alkanes) is 3. The van der Waals surface area contributed by atoms with E-state index in [1.807, 2.05) is 0 Å². The van der Waals surface area contributed by atoms with E-state index in [4.69, 9.17) is 5.73 Å². The van der Waals surface area contributed by atoms with Crippen LogP contribution in [0.3, 0.4) is 0 Å². The fourth-order valence-corrected chi connectivity index (χ4v) is 8.53. The molecule has 4 fully saturated rings. The summed E-state index contributed by atoms with van der Waals surface area (Å²) in [7, 11) is 0. The zero-order valence-corrected chi connectivity index (χ0v) is 18.3. The topological polar surface area (TPSA) is 38.0 Å². The lowest BCUT2D eigenvalue weighted by atomic mass is 9.45. The highest BCUT2D eigenvalue weighted by Gasteiger charge is 2.59. The molecule has 4 aliphatic carbocycles. The molecular formula is C25H46N2. The van der Waals surface area contributed by atoms with Crippen LogP contribution in [-0.4, -0.2) is 19.1 Å². The molecule has 3 unspecified atom stereocenters. The van der Waals surface area contributed by atoms with Gasteiger partial charge in [-0.15, -0.1) is 0 Å². The summed E-state index contributed by atoms with van der Waals surface area (Å²) in [6.45, 7) is 7.47. The lowest BCUT2D eigenvalue weighted by Gasteiger charge is -2.60. The minimum Gasteiger partial charge on any atom is -0.330 e. The molecule has 0 amide bonds. The number of hydrogen-bond donors (Lipinski definition) is 2. The van der Waals surface area contributed by atoms with Crippen LogP contribution in [0.25, 0.3) is 0 Å². The molecule has 2 nitrogen and oxygen atoms in total. The van der Waals surface area contributed by atoms with Crippen molar-refractivity contribution in [2.45, 2.75) is 110 Å². The van der Waals surface area contributed by atoms with Gasteiger partial charge in [0, 0.05) is 6.04 Å². The molecule has 156 valence electrons. The van der Waals surface area contributed by atoms with Gasteiger partial charge >= 0.3 is 0 Å². The Labute approximate surface area is 168 Å². The second-order valence-electron chi connectivity index (χ2n) is 11.2. The second kappa shape index (κ2) is 8.34. The van der Waals surface area contributed by atoms with Crippen molar-refractivity contribution < 1.29 is 0 Å². The van der Waals surface area contributed by atoms with Crippen LogP contribution >= 0.6 is 0 Å². The third-order valence-corrected chi connectivity index (χ3v) is 10.1. The summed E-state index contributed by atoms with van der Waals surface area (Å²) in [5, 5.41) is 4.03. The van der Waals surface area contributed by atoms with Gasteiger partial charge in [0.15, 0.2) is 0 Å². The minimum absolute atomic E-state index is 0.580. The minimum atomic E-state index is 0.580. The van der Waals surface area contributed by atoms with Crippen molar-refractivity contribution in [3.63, 3.8) is 0 Å². The Bertz CT molecular complexity index is 491. The number of nitrogens with two attached hydrogens (primary N) is 1. The van der Waals surface area contributed by atoms with Gasteiger partial charge in [-0.05, 0) is 112 Å². The van der Waals surface area contributed by atoms with Gasteiger partial charge in [0.25, 0.3) is 0 Å². The smallest absolute Gasteiger partial charge is 0.0124 e. The molecule has 3 N–H and O–H groups in total.